The van der Waals surface area contributed by atoms with E-state index in [1.165, 1.54) is 49.4 Å². The van der Waals surface area contributed by atoms with E-state index in [4.69, 9.17) is 37.2 Å². The van der Waals surface area contributed by atoms with E-state index in [0.29, 0.717) is 11.4 Å². The number of rotatable bonds is 16. The van der Waals surface area contributed by atoms with Crippen LogP contribution in [0.3, 0.4) is 0 Å². The van der Waals surface area contributed by atoms with Crippen molar-refractivity contribution in [3.05, 3.63) is 385 Å². The Labute approximate surface area is 794 Å². The van der Waals surface area contributed by atoms with Gasteiger partial charge >= 0.3 is 28.5 Å². The molecule has 0 spiro atoms. The molecule has 5 aliphatic rings. The van der Waals surface area contributed by atoms with Crippen LogP contribution in [0.2, 0.25) is 0 Å². The Morgan fingerprint density at radius 3 is 0.881 bits per heavy atom. The van der Waals surface area contributed by atoms with Gasteiger partial charge in [0, 0.05) is 68.0 Å². The van der Waals surface area contributed by atoms with E-state index in [9.17, 15) is 0 Å². The average molecular weight is 1800 g/mol. The molecule has 20 heteroatoms. The van der Waals surface area contributed by atoms with Gasteiger partial charge in [0.25, 0.3) is 0 Å². The van der Waals surface area contributed by atoms with Gasteiger partial charge in [0.05, 0.1) is 50.3 Å². The Bertz CT molecular complexity index is 6560. The fourth-order valence-electron chi connectivity index (χ4n) is 18.0. The van der Waals surface area contributed by atoms with Crippen molar-refractivity contribution in [2.45, 2.75) is 189 Å². The van der Waals surface area contributed by atoms with Gasteiger partial charge in [-0.05, 0) is 323 Å². The molecule has 0 amide bonds. The van der Waals surface area contributed by atoms with Gasteiger partial charge in [0.15, 0.2) is 23.3 Å². The van der Waals surface area contributed by atoms with Crippen LogP contribution < -0.4 is 41.5 Å². The van der Waals surface area contributed by atoms with E-state index in [1.807, 2.05) is 12.1 Å². The Hall–Kier alpha value is -12.3. The highest BCUT2D eigenvalue weighted by molar-refractivity contribution is 6.64. The van der Waals surface area contributed by atoms with Crippen LogP contribution in [0.4, 0.5) is 85.8 Å². The summed E-state index contributed by atoms with van der Waals surface area (Å²) in [6.45, 7) is 40.8. The number of anilines is 12. The highest BCUT2D eigenvalue weighted by Crippen LogP contribution is 2.53. The van der Waals surface area contributed by atoms with Crippen molar-refractivity contribution in [3.8, 4) is 11.1 Å². The van der Waals surface area contributed by atoms with Crippen molar-refractivity contribution in [3.63, 3.8) is 0 Å². The molecule has 4 heterocycles. The second kappa shape index (κ2) is 36.7. The van der Waals surface area contributed by atoms with Gasteiger partial charge in [-0.1, -0.05) is 226 Å². The molecular weight excluding hydrogens is 1680 g/mol. The number of halogens is 4. The number of benzene rings is 15. The molecule has 4 fully saturated rings. The summed E-state index contributed by atoms with van der Waals surface area (Å²) < 4.78 is 111. The van der Waals surface area contributed by atoms with Gasteiger partial charge in [0.1, 0.15) is 5.69 Å². The summed E-state index contributed by atoms with van der Waals surface area (Å²) in [6, 6.07) is 115. The van der Waals surface area contributed by atoms with E-state index in [-0.39, 0.29) is 60.4 Å². The maximum atomic E-state index is 15.4. The second-order valence-electron chi connectivity index (χ2n) is 40.0. The summed E-state index contributed by atoms with van der Waals surface area (Å²) >= 11 is 0. The van der Waals surface area contributed by atoms with Gasteiger partial charge < -0.3 is 56.8 Å². The number of para-hydroxylation sites is 8. The molecule has 684 valence electrons. The van der Waals surface area contributed by atoms with Crippen molar-refractivity contribution in [1.29, 1.82) is 0 Å². The van der Waals surface area contributed by atoms with Crippen LogP contribution in [0.1, 0.15) is 147 Å². The van der Waals surface area contributed by atoms with Crippen molar-refractivity contribution in [2.75, 3.05) is 19.6 Å². The van der Waals surface area contributed by atoms with Gasteiger partial charge in [-0.25, -0.2) is 17.6 Å². The van der Waals surface area contributed by atoms with Crippen LogP contribution in [0.25, 0.3) is 32.7 Å². The van der Waals surface area contributed by atoms with Crippen LogP contribution in [-0.2, 0) is 42.6 Å². The van der Waals surface area contributed by atoms with Gasteiger partial charge in [-0.3, -0.25) is 0 Å². The molecule has 0 atom stereocenters. The lowest BCUT2D eigenvalue weighted by Crippen LogP contribution is -2.41. The summed E-state index contributed by atoms with van der Waals surface area (Å²) in [5, 5.41) is 4.86. The lowest BCUT2D eigenvalue weighted by atomic mass is 9.74. The van der Waals surface area contributed by atoms with Crippen molar-refractivity contribution < 1.29 is 54.8 Å². The zero-order valence-corrected chi connectivity index (χ0v) is 80.7. The molecule has 1 aliphatic carbocycles. The number of hydrogen-bond acceptors (Lipinski definition) is 12. The largest absolute Gasteiger partial charge is 0.501 e. The molecular formula is C115H116B4F4N4O8. The molecule has 135 heavy (non-hydrogen) atoms. The molecule has 0 N–H and O–H groups in total. The molecule has 15 aromatic rings. The third kappa shape index (κ3) is 18.3. The molecule has 20 rings (SSSR count). The molecule has 0 unspecified atom stereocenters. The first-order valence-electron chi connectivity index (χ1n) is 46.4. The zero-order valence-electron chi connectivity index (χ0n) is 80.7. The maximum absolute atomic E-state index is 15.4. The summed E-state index contributed by atoms with van der Waals surface area (Å²) in [6.07, 6.45) is 0. The molecule has 0 radical (unpaired) electrons. The zero-order chi connectivity index (χ0) is 95.7. The predicted octanol–water partition coefficient (Wildman–Crippen LogP) is 27.6. The number of hydrogen-bond donors (Lipinski definition) is 0. The molecule has 12 nitrogen and oxygen atoms in total. The van der Waals surface area contributed by atoms with Crippen molar-refractivity contribution in [1.82, 2.24) is 0 Å². The minimum atomic E-state index is -1.60. The van der Waals surface area contributed by atoms with E-state index in [0.717, 1.165) is 78.0 Å². The second-order valence-corrected chi connectivity index (χ2v) is 40.0. The smallest absolute Gasteiger partial charge is 0.399 e. The fourth-order valence-corrected chi connectivity index (χ4v) is 18.0. The first-order chi connectivity index (χ1) is 64.1. The first kappa shape index (κ1) is 94.4. The van der Waals surface area contributed by atoms with E-state index >= 15 is 17.6 Å². The van der Waals surface area contributed by atoms with Crippen LogP contribution in [-0.4, -0.2) is 73.3 Å². The fraction of sp³-hybridized carbons (Fsp3) is 0.252. The molecule has 0 aromatic heterocycles. The summed E-state index contributed by atoms with van der Waals surface area (Å²) in [4.78, 5) is 8.06. The highest BCUT2D eigenvalue weighted by atomic mass is 19.2. The average Bonchev–Trinajstić information content (AvgIpc) is 1.58. The summed E-state index contributed by atoms with van der Waals surface area (Å²) in [5.41, 5.74) is 15.8. The summed E-state index contributed by atoms with van der Waals surface area (Å²) in [7, 11) is -2.68. The van der Waals surface area contributed by atoms with Crippen LogP contribution in [0, 0.1) is 37.1 Å². The first-order valence-corrected chi connectivity index (χ1v) is 46.4. The predicted molar refractivity (Wildman–Crippen MR) is 549 cm³/mol. The van der Waals surface area contributed by atoms with E-state index in [2.05, 4.69) is 392 Å². The SMILES string of the molecule is CC1(C)OB(c2c(F)c(F)c(N(c3ccccc3)c3ccccc3)c(F)c2F)OC1(C)C.CC1(C)OB(c2ccc3c(ccc4cc(N(c5ccccc5)c5ccccc5)ccc43)c2)OC1(C)C.CC1(C)c2cc(B3OC(C)(C)C(C)(C)O3)ccc2-c2ccc(N(c3ccccc3)c3ccccc3)cc21.Cc1cc(N(c2ccccc2)c2ccccc2)c(C)cc1B1OC(C)(C)C(C)(C)O1. The Balaban J connectivity index is 0.000000126. The van der Waals surface area contributed by atoms with E-state index in [1.54, 1.807) is 88.4 Å². The van der Waals surface area contributed by atoms with E-state index < -0.39 is 52.7 Å². The molecule has 0 saturated carbocycles. The highest BCUT2D eigenvalue weighted by Gasteiger charge is 2.57. The van der Waals surface area contributed by atoms with Crippen LogP contribution >= 0.6 is 0 Å². The third-order valence-electron chi connectivity index (χ3n) is 28.5. The number of aryl methyl sites for hydroxylation is 2. The minimum absolute atomic E-state index is 0.153. The van der Waals surface area contributed by atoms with Crippen molar-refractivity contribution >= 4 is 140 Å². The Morgan fingerprint density at radius 1 is 0.230 bits per heavy atom. The number of fused-ring (bicyclic) bond motifs is 6. The minimum Gasteiger partial charge on any atom is -0.399 e. The van der Waals surface area contributed by atoms with Gasteiger partial charge in [0.2, 0.25) is 0 Å². The van der Waals surface area contributed by atoms with Crippen LogP contribution in [0.5, 0.6) is 0 Å². The normalized spacial score (nSPS) is 17.3. The Morgan fingerprint density at radius 2 is 0.511 bits per heavy atom. The van der Waals surface area contributed by atoms with Gasteiger partial charge in [-0.15, -0.1) is 0 Å². The lowest BCUT2D eigenvalue weighted by Gasteiger charge is -2.32. The molecule has 4 saturated heterocycles. The lowest BCUT2D eigenvalue weighted by molar-refractivity contribution is 0.00578. The standard InChI is InChI=1S/C33H34BNO2.C32H30BNO2.C26H30BNO2.C24H22BF4NO2/c1-31(2)29-21-23(34-36-32(3,4)33(5,6)37-34)17-19-27(29)28-20-18-26(22-30(28)31)35(24-13-9-7-10-14-24)25-15-11-8-12-16-25;1-31(2)32(3,4)36-33(35-31)25-17-19-29-23(21-25)15-16-24-22-28(18-20-30(24)29)34(26-11-7-5-8-12-26)27-13-9-6-10-14-27;1-19-18-24(20(2)17-23(19)27-29-25(3,4)26(5,6)30-27)28(21-13-9-7-10-14-21)22-15-11-8-12-16-22;1-23(2)24(3,4)32-25(31-23)17-18(26)20(28)22(21(29)19(17)27)30(15-11-7-5-8-12-15)16-13-9-6-10-14-16/h7-22H,1-6H3;5-22H,1-4H3;7-18H,1-6H3;5-14H,1-4H3. The van der Waals surface area contributed by atoms with Crippen molar-refractivity contribution in [2.24, 2.45) is 0 Å². The Kier molecular flexibility index (Phi) is 25.7. The van der Waals surface area contributed by atoms with Crippen LogP contribution in [0.15, 0.2) is 340 Å². The van der Waals surface area contributed by atoms with Gasteiger partial charge in [-0.2, -0.15) is 0 Å². The quantitative estimate of drug-likeness (QED) is 0.0400. The topological polar surface area (TPSA) is 86.8 Å². The monoisotopic (exact) mass is 1800 g/mol. The maximum Gasteiger partial charge on any atom is 0.501 e. The molecule has 0 bridgehead atoms. The molecule has 4 aliphatic heterocycles. The third-order valence-corrected chi connectivity index (χ3v) is 28.5. The summed E-state index contributed by atoms with van der Waals surface area (Å²) in [5.74, 6) is -6.20. The number of nitrogens with zero attached hydrogens (tertiary/aromatic N) is 4. The molecule has 15 aromatic carbocycles.